The van der Waals surface area contributed by atoms with Gasteiger partial charge >= 0.3 is 0 Å². The first-order valence-corrected chi connectivity index (χ1v) is 11.4. The molecule has 0 radical (unpaired) electrons. The Hall–Kier alpha value is -2.18. The summed E-state index contributed by atoms with van der Waals surface area (Å²) in [4.78, 5) is 2.59. The van der Waals surface area contributed by atoms with E-state index in [1.807, 2.05) is 0 Å². The van der Waals surface area contributed by atoms with Crippen LogP contribution in [0.2, 0.25) is 0 Å². The molecule has 0 saturated heterocycles. The maximum absolute atomic E-state index is 14.0. The summed E-state index contributed by atoms with van der Waals surface area (Å²) in [5.41, 5.74) is 3.95. The molecule has 0 heterocycles. The van der Waals surface area contributed by atoms with Gasteiger partial charge in [0.1, 0.15) is 6.17 Å². The summed E-state index contributed by atoms with van der Waals surface area (Å²) in [5, 5.41) is 7.32. The average Bonchev–Trinajstić information content (AvgIpc) is 3.19. The molecule has 3 rings (SSSR count). The van der Waals surface area contributed by atoms with Crippen LogP contribution in [-0.2, 0) is 13.0 Å². The zero-order valence-electron chi connectivity index (χ0n) is 18.9. The van der Waals surface area contributed by atoms with Crippen LogP contribution >= 0.6 is 0 Å². The zero-order chi connectivity index (χ0) is 21.8. The van der Waals surface area contributed by atoms with E-state index in [0.29, 0.717) is 6.04 Å². The highest BCUT2D eigenvalue weighted by atomic mass is 19.1. The van der Waals surface area contributed by atoms with Gasteiger partial charge in [-0.25, -0.2) is 4.39 Å². The molecule has 0 aliphatic heterocycles. The molecule has 0 aromatic heterocycles. The number of benzene rings is 2. The Morgan fingerprint density at radius 3 is 2.30 bits per heavy atom. The van der Waals surface area contributed by atoms with E-state index in [0.717, 1.165) is 45.2 Å². The summed E-state index contributed by atoms with van der Waals surface area (Å²) in [6.07, 6.45) is 5.54. The van der Waals surface area contributed by atoms with Gasteiger partial charge in [-0.1, -0.05) is 61.5 Å². The second-order valence-electron chi connectivity index (χ2n) is 8.36. The van der Waals surface area contributed by atoms with Gasteiger partial charge in [0.15, 0.2) is 0 Å². The van der Waals surface area contributed by atoms with Gasteiger partial charge in [0, 0.05) is 25.4 Å². The predicted molar refractivity (Wildman–Crippen MR) is 124 cm³/mol. The quantitative estimate of drug-likeness (QED) is 0.444. The van der Waals surface area contributed by atoms with Crippen molar-refractivity contribution in [2.45, 2.75) is 84.0 Å². The van der Waals surface area contributed by atoms with Gasteiger partial charge in [0.05, 0.1) is 6.07 Å². The van der Waals surface area contributed by atoms with E-state index in [1.54, 1.807) is 6.07 Å². The molecule has 1 fully saturated rings. The number of hydrogen-bond acceptors (Lipinski definition) is 2. The maximum Gasteiger partial charge on any atom is 0.107 e. The van der Waals surface area contributed by atoms with Gasteiger partial charge in [-0.05, 0) is 68.7 Å². The molecule has 1 aliphatic rings. The Labute approximate surface area is 182 Å². The Balaban J connectivity index is 0.00000101. The molecule has 2 aromatic carbocycles. The van der Waals surface area contributed by atoms with Crippen molar-refractivity contribution in [3.8, 4) is 6.07 Å². The number of nitrogens with zero attached hydrogens (tertiary/aromatic N) is 2. The summed E-state index contributed by atoms with van der Waals surface area (Å²) >= 11 is 0. The lowest BCUT2D eigenvalue weighted by atomic mass is 9.94. The lowest BCUT2D eigenvalue weighted by molar-refractivity contribution is 0.191. The van der Waals surface area contributed by atoms with E-state index < -0.39 is 6.17 Å². The van der Waals surface area contributed by atoms with Crippen molar-refractivity contribution in [3.05, 3.63) is 71.3 Å². The fourth-order valence-electron chi connectivity index (χ4n) is 4.34. The molecule has 2 nitrogen and oxygen atoms in total. The molecular weight excluding hydrogens is 371 g/mol. The van der Waals surface area contributed by atoms with Crippen LogP contribution < -0.4 is 0 Å². The SMILES string of the molecule is CC#N.CCCN(Cc1ccccc1)C(C)CCc1ccc(C2CCCC2F)cc1. The van der Waals surface area contributed by atoms with Crippen LogP contribution in [-0.4, -0.2) is 23.7 Å². The highest BCUT2D eigenvalue weighted by Gasteiger charge is 2.28. The van der Waals surface area contributed by atoms with Gasteiger partial charge in [-0.2, -0.15) is 5.26 Å². The topological polar surface area (TPSA) is 27.0 Å². The molecule has 0 amide bonds. The molecule has 162 valence electrons. The molecule has 0 N–H and O–H groups in total. The van der Waals surface area contributed by atoms with Crippen LogP contribution in [0, 0.1) is 11.3 Å². The summed E-state index contributed by atoms with van der Waals surface area (Å²) < 4.78 is 14.0. The van der Waals surface area contributed by atoms with Crippen LogP contribution in [0.15, 0.2) is 54.6 Å². The normalized spacial score (nSPS) is 19.1. The van der Waals surface area contributed by atoms with Crippen LogP contribution in [0.25, 0.3) is 0 Å². The van der Waals surface area contributed by atoms with E-state index >= 15 is 0 Å². The number of alkyl halides is 1. The van der Waals surface area contributed by atoms with Crippen molar-refractivity contribution in [2.75, 3.05) is 6.54 Å². The Kier molecular flexibility index (Phi) is 10.6. The first-order valence-electron chi connectivity index (χ1n) is 11.4. The molecule has 0 bridgehead atoms. The minimum atomic E-state index is -0.642. The molecule has 1 saturated carbocycles. The van der Waals surface area contributed by atoms with Crippen molar-refractivity contribution >= 4 is 0 Å². The van der Waals surface area contributed by atoms with Crippen molar-refractivity contribution in [3.63, 3.8) is 0 Å². The Morgan fingerprint density at radius 2 is 1.73 bits per heavy atom. The highest BCUT2D eigenvalue weighted by Crippen LogP contribution is 2.36. The fourth-order valence-corrected chi connectivity index (χ4v) is 4.34. The molecule has 2 aromatic rings. The van der Waals surface area contributed by atoms with E-state index in [-0.39, 0.29) is 5.92 Å². The first-order chi connectivity index (χ1) is 14.6. The molecule has 3 atom stereocenters. The van der Waals surface area contributed by atoms with Gasteiger partial charge in [0.25, 0.3) is 0 Å². The second kappa shape index (κ2) is 13.2. The second-order valence-corrected chi connectivity index (χ2v) is 8.36. The number of halogens is 1. The summed E-state index contributed by atoms with van der Waals surface area (Å²) in [7, 11) is 0. The van der Waals surface area contributed by atoms with E-state index in [2.05, 4.69) is 73.3 Å². The van der Waals surface area contributed by atoms with Gasteiger partial charge < -0.3 is 0 Å². The number of hydrogen-bond donors (Lipinski definition) is 0. The van der Waals surface area contributed by atoms with Crippen molar-refractivity contribution in [2.24, 2.45) is 0 Å². The lowest BCUT2D eigenvalue weighted by Gasteiger charge is -2.29. The molecule has 1 aliphatic carbocycles. The largest absolute Gasteiger partial charge is 0.296 e. The zero-order valence-corrected chi connectivity index (χ0v) is 18.9. The first kappa shape index (κ1) is 24.1. The van der Waals surface area contributed by atoms with Gasteiger partial charge in [0.2, 0.25) is 0 Å². The van der Waals surface area contributed by atoms with Gasteiger partial charge in [-0.15, -0.1) is 0 Å². The molecular formula is C27H37FN2. The van der Waals surface area contributed by atoms with Crippen LogP contribution in [0.1, 0.15) is 75.5 Å². The fraction of sp³-hybridized carbons (Fsp3) is 0.519. The number of aryl methyl sites for hydroxylation is 1. The van der Waals surface area contributed by atoms with Crippen molar-refractivity contribution < 1.29 is 4.39 Å². The van der Waals surface area contributed by atoms with Crippen molar-refractivity contribution in [1.82, 2.24) is 4.90 Å². The summed E-state index contributed by atoms with van der Waals surface area (Å²) in [6, 6.07) is 21.8. The number of nitriles is 1. The van der Waals surface area contributed by atoms with Crippen molar-refractivity contribution in [1.29, 1.82) is 5.26 Å². The summed E-state index contributed by atoms with van der Waals surface area (Å²) in [6.45, 7) is 8.19. The van der Waals surface area contributed by atoms with Crippen LogP contribution in [0.4, 0.5) is 4.39 Å². The highest BCUT2D eigenvalue weighted by molar-refractivity contribution is 5.27. The third-order valence-electron chi connectivity index (χ3n) is 6.05. The Morgan fingerprint density at radius 1 is 1.07 bits per heavy atom. The van der Waals surface area contributed by atoms with E-state index in [4.69, 9.17) is 5.26 Å². The number of rotatable bonds is 9. The minimum absolute atomic E-state index is 0.129. The average molecular weight is 409 g/mol. The van der Waals surface area contributed by atoms with Crippen LogP contribution in [0.5, 0.6) is 0 Å². The molecule has 0 spiro atoms. The standard InChI is InChI=1S/C25H34FN.C2H3N/c1-3-18-27(19-22-8-5-4-6-9-22)20(2)12-13-21-14-16-23(17-15-21)24-10-7-11-25(24)26;1-2-3/h4-6,8-9,14-17,20,24-25H,3,7,10-13,18-19H2,1-2H3;1H3. The Bertz CT molecular complexity index is 751. The van der Waals surface area contributed by atoms with Crippen LogP contribution in [0.3, 0.4) is 0 Å². The maximum atomic E-state index is 14.0. The predicted octanol–water partition coefficient (Wildman–Crippen LogP) is 7.06. The lowest BCUT2D eigenvalue weighted by Crippen LogP contribution is -2.33. The molecule has 3 heteroatoms. The molecule has 3 unspecified atom stereocenters. The third-order valence-corrected chi connectivity index (χ3v) is 6.05. The minimum Gasteiger partial charge on any atom is -0.296 e. The van der Waals surface area contributed by atoms with E-state index in [9.17, 15) is 4.39 Å². The summed E-state index contributed by atoms with van der Waals surface area (Å²) in [5.74, 6) is 0.129. The van der Waals surface area contributed by atoms with Gasteiger partial charge in [-0.3, -0.25) is 4.90 Å². The third kappa shape index (κ3) is 7.58. The van der Waals surface area contributed by atoms with E-state index in [1.165, 1.54) is 30.0 Å². The monoisotopic (exact) mass is 408 g/mol. The smallest absolute Gasteiger partial charge is 0.107 e. The molecule has 30 heavy (non-hydrogen) atoms.